The number of pyridine rings is 1. The van der Waals surface area contributed by atoms with Crippen LogP contribution in [0.3, 0.4) is 0 Å². The molecule has 0 spiro atoms. The van der Waals surface area contributed by atoms with E-state index in [1.165, 1.54) is 13.2 Å². The van der Waals surface area contributed by atoms with Gasteiger partial charge in [-0.1, -0.05) is 24.1 Å². The van der Waals surface area contributed by atoms with Gasteiger partial charge < -0.3 is 20.1 Å². The second-order valence-corrected chi connectivity index (χ2v) is 6.46. The van der Waals surface area contributed by atoms with E-state index in [1.54, 1.807) is 73.1 Å². The third kappa shape index (κ3) is 5.97. The van der Waals surface area contributed by atoms with Gasteiger partial charge in [-0.2, -0.15) is 0 Å². The van der Waals surface area contributed by atoms with Gasteiger partial charge in [0.15, 0.2) is 11.5 Å². The molecule has 160 valence electrons. The number of anilines is 2. The molecule has 0 aliphatic rings. The number of hydrogen-bond acceptors (Lipinski definition) is 5. The Labute approximate surface area is 186 Å². The van der Waals surface area contributed by atoms with Crippen molar-refractivity contribution in [2.24, 2.45) is 0 Å². The molecule has 0 bridgehead atoms. The van der Waals surface area contributed by atoms with Crippen LogP contribution >= 0.6 is 0 Å². The summed E-state index contributed by atoms with van der Waals surface area (Å²) in [5.41, 5.74) is 2.07. The van der Waals surface area contributed by atoms with Crippen molar-refractivity contribution < 1.29 is 19.1 Å². The van der Waals surface area contributed by atoms with Crippen LogP contribution in [-0.4, -0.2) is 30.5 Å². The van der Waals surface area contributed by atoms with Gasteiger partial charge in [0.25, 0.3) is 5.91 Å². The van der Waals surface area contributed by atoms with E-state index in [0.29, 0.717) is 28.4 Å². The lowest BCUT2D eigenvalue weighted by atomic mass is 10.1. The average Bonchev–Trinajstić information content (AvgIpc) is 2.82. The summed E-state index contributed by atoms with van der Waals surface area (Å²) in [5, 5.41) is 5.51. The third-order valence-electron chi connectivity index (χ3n) is 4.29. The van der Waals surface area contributed by atoms with Crippen molar-refractivity contribution in [3.63, 3.8) is 0 Å². The second-order valence-electron chi connectivity index (χ2n) is 6.46. The number of carbonyl (C=O) groups is 2. The minimum atomic E-state index is -0.388. The van der Waals surface area contributed by atoms with Crippen molar-refractivity contribution in [2.75, 3.05) is 24.4 Å². The number of terminal acetylenes is 1. The van der Waals surface area contributed by atoms with Crippen LogP contribution in [0.2, 0.25) is 0 Å². The Bertz CT molecular complexity index is 1170. The van der Waals surface area contributed by atoms with E-state index in [4.69, 9.17) is 15.9 Å². The molecule has 7 heteroatoms. The van der Waals surface area contributed by atoms with Gasteiger partial charge in [-0.3, -0.25) is 14.6 Å². The topological polar surface area (TPSA) is 89.5 Å². The Morgan fingerprint density at radius 2 is 1.84 bits per heavy atom. The molecule has 0 saturated carbocycles. The summed E-state index contributed by atoms with van der Waals surface area (Å²) in [5.74, 6) is 2.68. The number of para-hydroxylation sites is 1. The van der Waals surface area contributed by atoms with E-state index < -0.39 is 0 Å². The van der Waals surface area contributed by atoms with Crippen LogP contribution in [0.4, 0.5) is 11.4 Å². The molecule has 1 heterocycles. The van der Waals surface area contributed by atoms with Crippen LogP contribution in [0.5, 0.6) is 11.5 Å². The van der Waals surface area contributed by atoms with Crippen molar-refractivity contribution in [2.45, 2.75) is 0 Å². The summed E-state index contributed by atoms with van der Waals surface area (Å²) in [6.45, 7) is 0.127. The molecule has 0 aliphatic carbocycles. The number of aromatic nitrogens is 1. The highest BCUT2D eigenvalue weighted by Gasteiger charge is 2.12. The summed E-state index contributed by atoms with van der Waals surface area (Å²) in [4.78, 5) is 29.0. The lowest BCUT2D eigenvalue weighted by Gasteiger charge is -2.10. The smallest absolute Gasteiger partial charge is 0.257 e. The molecule has 0 atom stereocenters. The second kappa shape index (κ2) is 11.0. The first-order valence-corrected chi connectivity index (χ1v) is 9.64. The summed E-state index contributed by atoms with van der Waals surface area (Å²) in [6, 6.07) is 15.3. The maximum absolute atomic E-state index is 12.6. The molecule has 1 aromatic heterocycles. The fourth-order valence-electron chi connectivity index (χ4n) is 2.80. The fraction of sp³-hybridized carbons (Fsp3) is 0.0800. The lowest BCUT2D eigenvalue weighted by molar-refractivity contribution is -0.111. The van der Waals surface area contributed by atoms with E-state index >= 15 is 0 Å². The molecule has 0 radical (unpaired) electrons. The highest BCUT2D eigenvalue weighted by Crippen LogP contribution is 2.28. The van der Waals surface area contributed by atoms with Crippen LogP contribution < -0.4 is 20.1 Å². The van der Waals surface area contributed by atoms with Gasteiger partial charge in [-0.05, 0) is 48.0 Å². The molecule has 3 aromatic rings. The fourth-order valence-corrected chi connectivity index (χ4v) is 2.80. The first-order valence-electron chi connectivity index (χ1n) is 9.64. The molecule has 0 unspecified atom stereocenters. The third-order valence-corrected chi connectivity index (χ3v) is 4.29. The molecule has 2 amide bonds. The van der Waals surface area contributed by atoms with Gasteiger partial charge in [0.1, 0.15) is 6.61 Å². The molecule has 0 fully saturated rings. The van der Waals surface area contributed by atoms with Gasteiger partial charge >= 0.3 is 0 Å². The van der Waals surface area contributed by atoms with Gasteiger partial charge in [-0.15, -0.1) is 6.42 Å². The van der Waals surface area contributed by atoms with E-state index in [2.05, 4.69) is 21.5 Å². The number of rotatable bonds is 8. The van der Waals surface area contributed by atoms with Crippen molar-refractivity contribution in [3.8, 4) is 23.8 Å². The number of benzene rings is 2. The Hall–Kier alpha value is -4.57. The zero-order valence-electron chi connectivity index (χ0n) is 17.4. The Morgan fingerprint density at radius 3 is 2.59 bits per heavy atom. The number of methoxy groups -OCH3 is 1. The highest BCUT2D eigenvalue weighted by atomic mass is 16.5. The van der Waals surface area contributed by atoms with Crippen LogP contribution in [-0.2, 0) is 4.79 Å². The quantitative estimate of drug-likeness (QED) is 0.419. The lowest BCUT2D eigenvalue weighted by Crippen LogP contribution is -2.17. The monoisotopic (exact) mass is 427 g/mol. The first-order chi connectivity index (χ1) is 15.6. The molecule has 0 saturated heterocycles. The largest absolute Gasteiger partial charge is 0.493 e. The van der Waals surface area contributed by atoms with E-state index in [-0.39, 0.29) is 18.4 Å². The van der Waals surface area contributed by atoms with Crippen molar-refractivity contribution in [1.29, 1.82) is 0 Å². The Balaban J connectivity index is 1.69. The molecule has 32 heavy (non-hydrogen) atoms. The Morgan fingerprint density at radius 1 is 1.06 bits per heavy atom. The first kappa shape index (κ1) is 22.1. The molecular formula is C25H21N3O4. The van der Waals surface area contributed by atoms with Gasteiger partial charge in [0.05, 0.1) is 18.4 Å². The standard InChI is InChI=1S/C25H21N3O4/c1-3-16-32-22-10-8-18(17-23(22)31-2)9-11-24(29)28-21-7-5-4-6-20(21)25(30)27-19-12-14-26-15-13-19/h1,4-15,17H,16H2,2H3,(H,28,29)(H,26,27,30)/b11-9+. The van der Waals surface area contributed by atoms with Crippen molar-refractivity contribution in [1.82, 2.24) is 4.98 Å². The summed E-state index contributed by atoms with van der Waals surface area (Å²) < 4.78 is 10.7. The minimum absolute atomic E-state index is 0.127. The van der Waals surface area contributed by atoms with E-state index in [9.17, 15) is 9.59 Å². The molecule has 2 aromatic carbocycles. The predicted octanol–water partition coefficient (Wildman–Crippen LogP) is 4.01. The molecular weight excluding hydrogens is 406 g/mol. The Kier molecular flexibility index (Phi) is 7.60. The van der Waals surface area contributed by atoms with Crippen LogP contribution in [0.25, 0.3) is 6.08 Å². The number of carbonyl (C=O) groups excluding carboxylic acids is 2. The molecule has 3 rings (SSSR count). The summed E-state index contributed by atoms with van der Waals surface area (Å²) >= 11 is 0. The number of nitrogens with zero attached hydrogens (tertiary/aromatic N) is 1. The van der Waals surface area contributed by atoms with E-state index in [0.717, 1.165) is 5.56 Å². The summed E-state index contributed by atoms with van der Waals surface area (Å²) in [6.07, 6.45) is 11.4. The summed E-state index contributed by atoms with van der Waals surface area (Å²) in [7, 11) is 1.52. The number of hydrogen-bond donors (Lipinski definition) is 2. The van der Waals surface area contributed by atoms with Crippen molar-refractivity contribution >= 4 is 29.3 Å². The predicted molar refractivity (Wildman–Crippen MR) is 124 cm³/mol. The SMILES string of the molecule is C#CCOc1ccc(/C=C/C(=O)Nc2ccccc2C(=O)Nc2ccncc2)cc1OC. The molecule has 0 aliphatic heterocycles. The normalized spacial score (nSPS) is 10.2. The van der Waals surface area contributed by atoms with Crippen LogP contribution in [0, 0.1) is 12.3 Å². The van der Waals surface area contributed by atoms with Crippen LogP contribution in [0.15, 0.2) is 73.1 Å². The van der Waals surface area contributed by atoms with Gasteiger partial charge in [-0.25, -0.2) is 0 Å². The average molecular weight is 427 g/mol. The van der Waals surface area contributed by atoms with E-state index in [1.807, 2.05) is 0 Å². The minimum Gasteiger partial charge on any atom is -0.493 e. The van der Waals surface area contributed by atoms with Gasteiger partial charge in [0, 0.05) is 24.2 Å². The van der Waals surface area contributed by atoms with Crippen LogP contribution in [0.1, 0.15) is 15.9 Å². The maximum atomic E-state index is 12.6. The highest BCUT2D eigenvalue weighted by molar-refractivity contribution is 6.11. The molecule has 7 nitrogen and oxygen atoms in total. The van der Waals surface area contributed by atoms with Crippen molar-refractivity contribution in [3.05, 3.63) is 84.2 Å². The number of nitrogens with one attached hydrogen (secondary N) is 2. The molecule has 2 N–H and O–H groups in total. The van der Waals surface area contributed by atoms with Gasteiger partial charge in [0.2, 0.25) is 5.91 Å². The zero-order chi connectivity index (χ0) is 22.8. The number of ether oxygens (including phenoxy) is 2. The number of amides is 2. The maximum Gasteiger partial charge on any atom is 0.257 e. The zero-order valence-corrected chi connectivity index (χ0v) is 17.4.